The van der Waals surface area contributed by atoms with E-state index in [2.05, 4.69) is 6.07 Å². The van der Waals surface area contributed by atoms with Crippen LogP contribution < -0.4 is 5.32 Å². The zero-order chi connectivity index (χ0) is 13.1. The van der Waals surface area contributed by atoms with Crippen LogP contribution in [0.5, 0.6) is 0 Å². The average molecular weight is 249 g/mol. The topological polar surface area (TPSA) is 56.1 Å². The number of hydrogen-bond acceptors (Lipinski definition) is 2. The van der Waals surface area contributed by atoms with Crippen molar-refractivity contribution in [2.24, 2.45) is 5.41 Å². The Morgan fingerprint density at radius 2 is 2.00 bits per heavy atom. The molecule has 0 atom stereocenters. The van der Waals surface area contributed by atoms with E-state index < -0.39 is 24.2 Å². The summed E-state index contributed by atoms with van der Waals surface area (Å²) in [7, 11) is 0. The molecule has 0 unspecified atom stereocenters. The quantitative estimate of drug-likeness (QED) is 0.771. The standard InChI is InChI=1S/C10H14F3N3O/c1-9(6-14)2-4-16(5-3-9)8(17)15-7-10(11,12)13/h2-5,7H2,1H3,(H,15,17). The molecule has 0 aliphatic carbocycles. The summed E-state index contributed by atoms with van der Waals surface area (Å²) in [5, 5.41) is 10.7. The van der Waals surface area contributed by atoms with Crippen molar-refractivity contribution >= 4 is 6.03 Å². The minimum Gasteiger partial charge on any atom is -0.329 e. The van der Waals surface area contributed by atoms with E-state index >= 15 is 0 Å². The van der Waals surface area contributed by atoms with Crippen LogP contribution in [0.15, 0.2) is 0 Å². The molecule has 1 aliphatic heterocycles. The minimum atomic E-state index is -4.40. The van der Waals surface area contributed by atoms with Crippen molar-refractivity contribution in [3.05, 3.63) is 0 Å². The highest BCUT2D eigenvalue weighted by Gasteiger charge is 2.33. The summed E-state index contributed by atoms with van der Waals surface area (Å²) in [4.78, 5) is 12.7. The molecule has 1 N–H and O–H groups in total. The molecule has 1 saturated heterocycles. The SMILES string of the molecule is CC1(C#N)CCN(C(=O)NCC(F)(F)F)CC1. The van der Waals surface area contributed by atoms with E-state index in [-0.39, 0.29) is 0 Å². The second-order valence-corrected chi connectivity index (χ2v) is 4.43. The molecule has 96 valence electrons. The first-order valence-electron chi connectivity index (χ1n) is 5.26. The van der Waals surface area contributed by atoms with E-state index in [0.717, 1.165) is 0 Å². The van der Waals surface area contributed by atoms with Gasteiger partial charge in [-0.3, -0.25) is 0 Å². The molecule has 0 saturated carbocycles. The van der Waals surface area contributed by atoms with Gasteiger partial charge in [0.1, 0.15) is 6.54 Å². The number of amides is 2. The number of carbonyl (C=O) groups is 1. The number of nitrogens with zero attached hydrogens (tertiary/aromatic N) is 2. The molecule has 0 aromatic carbocycles. The van der Waals surface area contributed by atoms with Crippen LogP contribution in [0.1, 0.15) is 19.8 Å². The van der Waals surface area contributed by atoms with Gasteiger partial charge < -0.3 is 10.2 Å². The number of piperidine rings is 1. The van der Waals surface area contributed by atoms with E-state index in [4.69, 9.17) is 5.26 Å². The molecular weight excluding hydrogens is 235 g/mol. The van der Waals surface area contributed by atoms with Crippen molar-refractivity contribution < 1.29 is 18.0 Å². The molecule has 2 amide bonds. The molecule has 4 nitrogen and oxygen atoms in total. The van der Waals surface area contributed by atoms with Crippen LogP contribution in [0, 0.1) is 16.7 Å². The van der Waals surface area contributed by atoms with Crippen LogP contribution >= 0.6 is 0 Å². The Kier molecular flexibility index (Phi) is 3.86. The predicted molar refractivity (Wildman–Crippen MR) is 54.0 cm³/mol. The lowest BCUT2D eigenvalue weighted by Gasteiger charge is -2.34. The Hall–Kier alpha value is -1.45. The van der Waals surface area contributed by atoms with Crippen LogP contribution in [-0.2, 0) is 0 Å². The summed E-state index contributed by atoms with van der Waals surface area (Å²) in [5.41, 5.74) is -0.471. The number of nitriles is 1. The van der Waals surface area contributed by atoms with Crippen LogP contribution in [0.2, 0.25) is 0 Å². The first-order valence-corrected chi connectivity index (χ1v) is 5.26. The normalized spacial score (nSPS) is 19.6. The maximum Gasteiger partial charge on any atom is 0.405 e. The lowest BCUT2D eigenvalue weighted by atomic mass is 9.82. The maximum absolute atomic E-state index is 11.9. The second kappa shape index (κ2) is 4.82. The Balaban J connectivity index is 2.39. The van der Waals surface area contributed by atoms with Gasteiger partial charge in [0.25, 0.3) is 0 Å². The zero-order valence-electron chi connectivity index (χ0n) is 9.47. The first kappa shape index (κ1) is 13.6. The van der Waals surface area contributed by atoms with Crippen molar-refractivity contribution in [3.63, 3.8) is 0 Å². The summed E-state index contributed by atoms with van der Waals surface area (Å²) in [6.07, 6.45) is -3.42. The molecule has 7 heteroatoms. The van der Waals surface area contributed by atoms with E-state index in [1.807, 2.05) is 5.32 Å². The van der Waals surface area contributed by atoms with Crippen molar-refractivity contribution in [1.29, 1.82) is 5.26 Å². The Labute approximate surface area is 97.4 Å². The highest BCUT2D eigenvalue weighted by atomic mass is 19.4. The summed E-state index contributed by atoms with van der Waals surface area (Å²) >= 11 is 0. The van der Waals surface area contributed by atoms with Gasteiger partial charge in [0.05, 0.1) is 11.5 Å². The number of hydrogen-bond donors (Lipinski definition) is 1. The number of halogens is 3. The van der Waals surface area contributed by atoms with Crippen LogP contribution in [-0.4, -0.2) is 36.7 Å². The van der Waals surface area contributed by atoms with Gasteiger partial charge in [0.2, 0.25) is 0 Å². The van der Waals surface area contributed by atoms with E-state index in [1.165, 1.54) is 4.90 Å². The summed E-state index contributed by atoms with van der Waals surface area (Å²) in [5.74, 6) is 0. The van der Waals surface area contributed by atoms with Gasteiger partial charge >= 0.3 is 12.2 Å². The smallest absolute Gasteiger partial charge is 0.329 e. The van der Waals surface area contributed by atoms with Gasteiger partial charge in [-0.25, -0.2) is 4.79 Å². The Bertz CT molecular complexity index is 327. The van der Waals surface area contributed by atoms with Gasteiger partial charge in [-0.2, -0.15) is 18.4 Å². The van der Waals surface area contributed by atoms with Crippen molar-refractivity contribution in [3.8, 4) is 6.07 Å². The van der Waals surface area contributed by atoms with E-state index in [9.17, 15) is 18.0 Å². The molecule has 0 radical (unpaired) electrons. The minimum absolute atomic E-state index is 0.313. The number of carbonyl (C=O) groups excluding carboxylic acids is 1. The lowest BCUT2D eigenvalue weighted by molar-refractivity contribution is -0.123. The molecule has 17 heavy (non-hydrogen) atoms. The van der Waals surface area contributed by atoms with Crippen LogP contribution in [0.3, 0.4) is 0 Å². The first-order chi connectivity index (χ1) is 7.76. The third-order valence-corrected chi connectivity index (χ3v) is 2.86. The van der Waals surface area contributed by atoms with E-state index in [0.29, 0.717) is 25.9 Å². The van der Waals surface area contributed by atoms with Gasteiger partial charge in [-0.15, -0.1) is 0 Å². The average Bonchev–Trinajstić information content (AvgIpc) is 2.26. The fraction of sp³-hybridized carbons (Fsp3) is 0.800. The fourth-order valence-electron chi connectivity index (χ4n) is 1.60. The third-order valence-electron chi connectivity index (χ3n) is 2.86. The highest BCUT2D eigenvalue weighted by Crippen LogP contribution is 2.29. The number of alkyl halides is 3. The van der Waals surface area contributed by atoms with E-state index in [1.54, 1.807) is 6.92 Å². The molecule has 0 spiro atoms. The summed E-state index contributed by atoms with van der Waals surface area (Å²) in [6.45, 7) is 1.09. The predicted octanol–water partition coefficient (Wildman–Crippen LogP) is 1.88. The third kappa shape index (κ3) is 4.13. The summed E-state index contributed by atoms with van der Waals surface area (Å²) < 4.78 is 35.7. The number of likely N-dealkylation sites (tertiary alicyclic amines) is 1. The molecular formula is C10H14F3N3O. The summed E-state index contributed by atoms with van der Waals surface area (Å²) in [6, 6.07) is 1.44. The van der Waals surface area contributed by atoms with Crippen LogP contribution in [0.4, 0.5) is 18.0 Å². The number of nitrogens with one attached hydrogen (secondary N) is 1. The molecule has 0 aromatic heterocycles. The molecule has 1 aliphatic rings. The highest BCUT2D eigenvalue weighted by molar-refractivity contribution is 5.74. The van der Waals surface area contributed by atoms with Gasteiger partial charge in [-0.05, 0) is 19.8 Å². The monoisotopic (exact) mass is 249 g/mol. The second-order valence-electron chi connectivity index (χ2n) is 4.43. The van der Waals surface area contributed by atoms with Gasteiger partial charge in [0, 0.05) is 13.1 Å². The maximum atomic E-state index is 11.9. The Morgan fingerprint density at radius 1 is 1.47 bits per heavy atom. The number of rotatable bonds is 1. The molecule has 1 heterocycles. The lowest BCUT2D eigenvalue weighted by Crippen LogP contribution is -2.48. The largest absolute Gasteiger partial charge is 0.405 e. The van der Waals surface area contributed by atoms with Crippen molar-refractivity contribution in [2.45, 2.75) is 25.9 Å². The Morgan fingerprint density at radius 3 is 2.41 bits per heavy atom. The van der Waals surface area contributed by atoms with Gasteiger partial charge in [0.15, 0.2) is 0 Å². The molecule has 1 fully saturated rings. The molecule has 1 rings (SSSR count). The molecule has 0 aromatic rings. The fourth-order valence-corrected chi connectivity index (χ4v) is 1.60. The van der Waals surface area contributed by atoms with Gasteiger partial charge in [-0.1, -0.05) is 0 Å². The van der Waals surface area contributed by atoms with Crippen LogP contribution in [0.25, 0.3) is 0 Å². The zero-order valence-corrected chi connectivity index (χ0v) is 9.47. The molecule has 0 bridgehead atoms. The van der Waals surface area contributed by atoms with Crippen molar-refractivity contribution in [1.82, 2.24) is 10.2 Å². The van der Waals surface area contributed by atoms with Crippen molar-refractivity contribution in [2.75, 3.05) is 19.6 Å². The number of urea groups is 1.